The molecule has 1 aromatic heterocycles. The molecule has 1 rings (SSSR count). The Balaban J connectivity index is 2.67. The van der Waals surface area contributed by atoms with Crippen LogP contribution in [0.1, 0.15) is 12.5 Å². The molecule has 3 heteroatoms. The minimum Gasteiger partial charge on any atom is -0.316 e. The molecule has 0 aliphatic heterocycles. The number of rotatable bonds is 3. The molecule has 0 amide bonds. The van der Waals surface area contributed by atoms with Crippen LogP contribution in [0.15, 0.2) is 24.3 Å². The molecule has 0 aromatic carbocycles. The zero-order valence-electron chi connectivity index (χ0n) is 7.41. The summed E-state index contributed by atoms with van der Waals surface area (Å²) in [4.78, 5) is 7.84. The quantitative estimate of drug-likeness (QED) is 0.725. The summed E-state index contributed by atoms with van der Waals surface area (Å²) in [5.74, 6) is 0. The maximum Gasteiger partial charge on any atom is 0.115 e. The van der Waals surface area contributed by atoms with E-state index in [2.05, 4.69) is 28.3 Å². The third-order valence-corrected chi connectivity index (χ3v) is 1.45. The molecule has 0 radical (unpaired) electrons. The molecule has 0 fully saturated rings. The molecule has 0 saturated heterocycles. The number of nitrogens with zero attached hydrogens (tertiary/aromatic N) is 2. The van der Waals surface area contributed by atoms with E-state index in [1.54, 1.807) is 12.4 Å². The van der Waals surface area contributed by atoms with Crippen molar-refractivity contribution in [2.75, 3.05) is 13.6 Å². The lowest BCUT2D eigenvalue weighted by molar-refractivity contribution is 0.884. The van der Waals surface area contributed by atoms with Gasteiger partial charge < -0.3 is 5.32 Å². The zero-order chi connectivity index (χ0) is 8.81. The van der Waals surface area contributed by atoms with E-state index in [-0.39, 0.29) is 0 Å². The van der Waals surface area contributed by atoms with E-state index in [4.69, 9.17) is 0 Å². The normalized spacial score (nSPS) is 11.7. The number of likely N-dealkylation sites (N-methyl/N-ethyl adjacent to an activating group) is 1. The Morgan fingerprint density at radius 2 is 2.17 bits per heavy atom. The monoisotopic (exact) mass is 163 g/mol. The molecule has 0 spiro atoms. The van der Waals surface area contributed by atoms with Crippen LogP contribution < -0.4 is 5.32 Å². The molecule has 1 aromatic rings. The van der Waals surface area contributed by atoms with E-state index >= 15 is 0 Å². The summed E-state index contributed by atoms with van der Waals surface area (Å²) in [7, 11) is 1.93. The second-order valence-corrected chi connectivity index (χ2v) is 2.69. The van der Waals surface area contributed by atoms with Crippen LogP contribution in [0.4, 0.5) is 0 Å². The fourth-order valence-corrected chi connectivity index (χ4v) is 1.000. The van der Waals surface area contributed by atoms with Crippen molar-refractivity contribution in [2.24, 2.45) is 0 Å². The van der Waals surface area contributed by atoms with Gasteiger partial charge in [0.1, 0.15) is 6.33 Å². The minimum atomic E-state index is 0.898. The summed E-state index contributed by atoms with van der Waals surface area (Å²) in [6.07, 6.45) is 7.19. The highest BCUT2D eigenvalue weighted by Gasteiger charge is 1.89. The van der Waals surface area contributed by atoms with E-state index in [0.29, 0.717) is 0 Å². The van der Waals surface area contributed by atoms with Gasteiger partial charge >= 0.3 is 0 Å². The minimum absolute atomic E-state index is 0.898. The molecule has 0 unspecified atom stereocenters. The molecule has 0 atom stereocenters. The van der Waals surface area contributed by atoms with Gasteiger partial charge in [0.2, 0.25) is 0 Å². The van der Waals surface area contributed by atoms with Gasteiger partial charge in [-0.05, 0) is 14.0 Å². The number of aromatic nitrogens is 2. The van der Waals surface area contributed by atoms with Crippen molar-refractivity contribution >= 4 is 6.08 Å². The highest BCUT2D eigenvalue weighted by atomic mass is 14.8. The average Bonchev–Trinajstić information content (AvgIpc) is 2.06. The Hall–Kier alpha value is -1.22. The van der Waals surface area contributed by atoms with E-state index in [1.807, 2.05) is 7.05 Å². The molecule has 0 bridgehead atoms. The first-order valence-electron chi connectivity index (χ1n) is 3.89. The van der Waals surface area contributed by atoms with Gasteiger partial charge in [0.25, 0.3) is 0 Å². The van der Waals surface area contributed by atoms with Gasteiger partial charge in [0, 0.05) is 24.5 Å². The highest BCUT2D eigenvalue weighted by Crippen LogP contribution is 2.01. The van der Waals surface area contributed by atoms with Crippen molar-refractivity contribution in [3.8, 4) is 0 Å². The predicted molar refractivity (Wildman–Crippen MR) is 49.6 cm³/mol. The number of nitrogens with one attached hydrogen (secondary N) is 1. The van der Waals surface area contributed by atoms with Crippen LogP contribution in [0.25, 0.3) is 6.08 Å². The maximum atomic E-state index is 3.92. The molecule has 1 N–H and O–H groups in total. The summed E-state index contributed by atoms with van der Waals surface area (Å²) in [5.41, 5.74) is 2.32. The van der Waals surface area contributed by atoms with E-state index in [1.165, 1.54) is 11.9 Å². The first-order chi connectivity index (χ1) is 5.83. The average molecular weight is 163 g/mol. The van der Waals surface area contributed by atoms with E-state index < -0.39 is 0 Å². The number of hydrogen-bond donors (Lipinski definition) is 1. The SMILES string of the molecule is CNC/C(C)=C/c1cncnc1. The van der Waals surface area contributed by atoms with Gasteiger partial charge in [-0.15, -0.1) is 0 Å². The van der Waals surface area contributed by atoms with E-state index in [0.717, 1.165) is 12.1 Å². The Labute approximate surface area is 72.6 Å². The van der Waals surface area contributed by atoms with Gasteiger partial charge in [0.15, 0.2) is 0 Å². The molecule has 3 nitrogen and oxygen atoms in total. The van der Waals surface area contributed by atoms with Crippen molar-refractivity contribution in [1.29, 1.82) is 0 Å². The maximum absolute atomic E-state index is 3.92. The van der Waals surface area contributed by atoms with Crippen LogP contribution in [0.2, 0.25) is 0 Å². The smallest absolute Gasteiger partial charge is 0.115 e. The third-order valence-electron chi connectivity index (χ3n) is 1.45. The summed E-state index contributed by atoms with van der Waals surface area (Å²) in [5, 5.41) is 3.08. The second-order valence-electron chi connectivity index (χ2n) is 2.69. The molecule has 0 aliphatic rings. The third kappa shape index (κ3) is 2.80. The van der Waals surface area contributed by atoms with Crippen molar-refractivity contribution in [2.45, 2.75) is 6.92 Å². The Bertz CT molecular complexity index is 254. The van der Waals surface area contributed by atoms with Gasteiger partial charge in [-0.3, -0.25) is 0 Å². The molecule has 0 aliphatic carbocycles. The van der Waals surface area contributed by atoms with Gasteiger partial charge in [-0.2, -0.15) is 0 Å². The highest BCUT2D eigenvalue weighted by molar-refractivity contribution is 5.50. The second kappa shape index (κ2) is 4.62. The molecule has 12 heavy (non-hydrogen) atoms. The van der Waals surface area contributed by atoms with Crippen LogP contribution >= 0.6 is 0 Å². The summed E-state index contributed by atoms with van der Waals surface area (Å²) < 4.78 is 0. The largest absolute Gasteiger partial charge is 0.316 e. The topological polar surface area (TPSA) is 37.8 Å². The molecule has 1 heterocycles. The van der Waals surface area contributed by atoms with Gasteiger partial charge in [-0.1, -0.05) is 11.6 Å². The zero-order valence-corrected chi connectivity index (χ0v) is 7.41. The molecular formula is C9H13N3. The molecule has 64 valence electrons. The van der Waals surface area contributed by atoms with Crippen LogP contribution in [0.3, 0.4) is 0 Å². The molecule has 0 saturated carbocycles. The summed E-state index contributed by atoms with van der Waals surface area (Å²) in [6, 6.07) is 0. The summed E-state index contributed by atoms with van der Waals surface area (Å²) >= 11 is 0. The van der Waals surface area contributed by atoms with Crippen molar-refractivity contribution in [1.82, 2.24) is 15.3 Å². The Kier molecular flexibility index (Phi) is 3.41. The molecular weight excluding hydrogens is 150 g/mol. The van der Waals surface area contributed by atoms with Crippen LogP contribution in [0.5, 0.6) is 0 Å². The van der Waals surface area contributed by atoms with E-state index in [9.17, 15) is 0 Å². The van der Waals surface area contributed by atoms with Crippen molar-refractivity contribution < 1.29 is 0 Å². The predicted octanol–water partition coefficient (Wildman–Crippen LogP) is 1.10. The summed E-state index contributed by atoms with van der Waals surface area (Å²) in [6.45, 7) is 2.97. The van der Waals surface area contributed by atoms with Gasteiger partial charge in [0.05, 0.1) is 0 Å². The fourth-order valence-electron chi connectivity index (χ4n) is 1.000. The first-order valence-corrected chi connectivity index (χ1v) is 3.89. The lowest BCUT2D eigenvalue weighted by Crippen LogP contribution is -2.08. The fraction of sp³-hybridized carbons (Fsp3) is 0.333. The standard InChI is InChI=1S/C9H13N3/c1-8(4-10-2)3-9-5-11-7-12-6-9/h3,5-7,10H,4H2,1-2H3/b8-3+. The van der Waals surface area contributed by atoms with Crippen molar-refractivity contribution in [3.05, 3.63) is 29.9 Å². The van der Waals surface area contributed by atoms with Crippen LogP contribution in [-0.2, 0) is 0 Å². The van der Waals surface area contributed by atoms with Gasteiger partial charge in [-0.25, -0.2) is 9.97 Å². The Morgan fingerprint density at radius 3 is 2.75 bits per heavy atom. The van der Waals surface area contributed by atoms with Crippen molar-refractivity contribution in [3.63, 3.8) is 0 Å². The lowest BCUT2D eigenvalue weighted by Gasteiger charge is -1.98. The Morgan fingerprint density at radius 1 is 1.50 bits per heavy atom. The first kappa shape index (κ1) is 8.87. The lowest BCUT2D eigenvalue weighted by atomic mass is 10.2. The number of hydrogen-bond acceptors (Lipinski definition) is 3. The van der Waals surface area contributed by atoms with Crippen LogP contribution in [-0.4, -0.2) is 23.6 Å². The van der Waals surface area contributed by atoms with Crippen LogP contribution in [0, 0.1) is 0 Å².